The monoisotopic (exact) mass is 259 g/mol. The topological polar surface area (TPSA) is 64.0 Å². The van der Waals surface area contributed by atoms with Crippen LogP contribution in [-0.4, -0.2) is 37.0 Å². The first-order chi connectivity index (χ1) is 7.90. The lowest BCUT2D eigenvalue weighted by molar-refractivity contribution is 0.343. The lowest BCUT2D eigenvalue weighted by Gasteiger charge is -2.23. The Labute approximate surface area is 103 Å². The number of aromatic nitrogens is 2. The first-order valence-corrected chi connectivity index (χ1v) is 7.76. The van der Waals surface area contributed by atoms with Crippen molar-refractivity contribution < 1.29 is 8.42 Å². The summed E-state index contributed by atoms with van der Waals surface area (Å²) in [7, 11) is -3.16. The molecule has 5 nitrogen and oxygen atoms in total. The second kappa shape index (κ2) is 5.64. The third-order valence-corrected chi connectivity index (χ3v) is 3.98. The maximum Gasteiger partial charge on any atom is 0.178 e. The third kappa shape index (κ3) is 3.54. The fourth-order valence-corrected chi connectivity index (χ4v) is 2.38. The van der Waals surface area contributed by atoms with Crippen LogP contribution in [0.15, 0.2) is 17.3 Å². The molecule has 1 aromatic rings. The summed E-state index contributed by atoms with van der Waals surface area (Å²) in [6.07, 6.45) is 5.17. The van der Waals surface area contributed by atoms with E-state index in [1.54, 1.807) is 10.9 Å². The van der Waals surface area contributed by atoms with E-state index < -0.39 is 9.84 Å². The van der Waals surface area contributed by atoms with Gasteiger partial charge in [-0.1, -0.05) is 13.8 Å². The van der Waals surface area contributed by atoms with Gasteiger partial charge in [-0.05, 0) is 19.9 Å². The second-order valence-corrected chi connectivity index (χ2v) is 6.26. The summed E-state index contributed by atoms with van der Waals surface area (Å²) in [4.78, 5) is 0.274. The Morgan fingerprint density at radius 1 is 1.47 bits per heavy atom. The molecule has 0 radical (unpaired) electrons. The number of rotatable bonds is 6. The van der Waals surface area contributed by atoms with Gasteiger partial charge in [0.25, 0.3) is 0 Å². The van der Waals surface area contributed by atoms with Gasteiger partial charge >= 0.3 is 0 Å². The summed E-state index contributed by atoms with van der Waals surface area (Å²) in [5.74, 6) is 0. The fourth-order valence-electron chi connectivity index (χ4n) is 1.84. The summed E-state index contributed by atoms with van der Waals surface area (Å²) >= 11 is 0. The lowest BCUT2D eigenvalue weighted by atomic mass is 10.1. The zero-order chi connectivity index (χ0) is 13.1. The van der Waals surface area contributed by atoms with E-state index in [9.17, 15) is 8.42 Å². The Morgan fingerprint density at radius 2 is 2.12 bits per heavy atom. The average molecular weight is 259 g/mol. The molecule has 0 aliphatic heterocycles. The minimum absolute atomic E-state index is 0.135. The second-order valence-electron chi connectivity index (χ2n) is 4.24. The van der Waals surface area contributed by atoms with Gasteiger partial charge in [-0.3, -0.25) is 4.68 Å². The van der Waals surface area contributed by atoms with E-state index in [0.717, 1.165) is 13.0 Å². The number of nitrogens with one attached hydrogen (secondary N) is 1. The molecule has 0 fully saturated rings. The Balaban J connectivity index is 2.89. The van der Waals surface area contributed by atoms with Gasteiger partial charge in [-0.15, -0.1) is 0 Å². The molecule has 2 unspecified atom stereocenters. The van der Waals surface area contributed by atoms with Crippen molar-refractivity contribution in [3.05, 3.63) is 12.4 Å². The van der Waals surface area contributed by atoms with Gasteiger partial charge in [-0.2, -0.15) is 5.10 Å². The highest BCUT2D eigenvalue weighted by molar-refractivity contribution is 7.90. The molecule has 0 saturated heterocycles. The van der Waals surface area contributed by atoms with Gasteiger partial charge in [0, 0.05) is 18.5 Å². The van der Waals surface area contributed by atoms with Crippen LogP contribution >= 0.6 is 0 Å². The quantitative estimate of drug-likeness (QED) is 0.834. The average Bonchev–Trinajstić information content (AvgIpc) is 2.73. The molecule has 17 heavy (non-hydrogen) atoms. The van der Waals surface area contributed by atoms with Gasteiger partial charge in [0.1, 0.15) is 4.90 Å². The SMILES string of the molecule is CCNC(CC)C(C)n1cc(S(C)(=O)=O)cn1. The van der Waals surface area contributed by atoms with Crippen molar-refractivity contribution in [3.8, 4) is 0 Å². The number of likely N-dealkylation sites (N-methyl/N-ethyl adjacent to an activating group) is 1. The van der Waals surface area contributed by atoms with Crippen LogP contribution in [0.4, 0.5) is 0 Å². The highest BCUT2D eigenvalue weighted by atomic mass is 32.2. The van der Waals surface area contributed by atoms with Gasteiger partial charge in [0.2, 0.25) is 0 Å². The van der Waals surface area contributed by atoms with Crippen molar-refractivity contribution >= 4 is 9.84 Å². The molecule has 0 spiro atoms. The predicted molar refractivity (Wildman–Crippen MR) is 67.8 cm³/mol. The number of hydrogen-bond donors (Lipinski definition) is 1. The first-order valence-electron chi connectivity index (χ1n) is 5.87. The molecule has 0 aliphatic rings. The normalized spacial score (nSPS) is 15.8. The number of nitrogens with zero attached hydrogens (tertiary/aromatic N) is 2. The van der Waals surface area contributed by atoms with E-state index in [4.69, 9.17) is 0 Å². The van der Waals surface area contributed by atoms with Gasteiger partial charge < -0.3 is 5.32 Å². The highest BCUT2D eigenvalue weighted by Crippen LogP contribution is 2.16. The molecule has 1 rings (SSSR count). The maximum atomic E-state index is 11.4. The van der Waals surface area contributed by atoms with E-state index in [1.807, 2.05) is 6.92 Å². The van der Waals surface area contributed by atoms with E-state index >= 15 is 0 Å². The molecule has 0 aliphatic carbocycles. The van der Waals surface area contributed by atoms with Crippen LogP contribution in [-0.2, 0) is 9.84 Å². The Hall–Kier alpha value is -0.880. The number of sulfone groups is 1. The van der Waals surface area contributed by atoms with Gasteiger partial charge in [0.05, 0.1) is 12.2 Å². The summed E-state index contributed by atoms with van der Waals surface area (Å²) < 4.78 is 24.4. The molecular weight excluding hydrogens is 238 g/mol. The largest absolute Gasteiger partial charge is 0.312 e. The zero-order valence-electron chi connectivity index (χ0n) is 10.8. The molecule has 1 N–H and O–H groups in total. The molecule has 98 valence electrons. The summed E-state index contributed by atoms with van der Waals surface area (Å²) in [5.41, 5.74) is 0. The first kappa shape index (κ1) is 14.2. The van der Waals surface area contributed by atoms with Crippen molar-refractivity contribution in [2.75, 3.05) is 12.8 Å². The molecule has 1 heterocycles. The van der Waals surface area contributed by atoms with Crippen LogP contribution < -0.4 is 5.32 Å². The van der Waals surface area contributed by atoms with E-state index in [2.05, 4.69) is 24.3 Å². The molecule has 0 aromatic carbocycles. The summed E-state index contributed by atoms with van der Waals surface area (Å²) in [6.45, 7) is 7.09. The molecule has 6 heteroatoms. The van der Waals surface area contributed by atoms with Crippen LogP contribution in [0.2, 0.25) is 0 Å². The molecule has 0 amide bonds. The Bertz CT molecular complexity index is 453. The van der Waals surface area contributed by atoms with Crippen molar-refractivity contribution in [1.29, 1.82) is 0 Å². The van der Waals surface area contributed by atoms with Crippen molar-refractivity contribution in [3.63, 3.8) is 0 Å². The van der Waals surface area contributed by atoms with Gasteiger partial charge in [0.15, 0.2) is 9.84 Å². The third-order valence-electron chi connectivity index (χ3n) is 2.91. The molecule has 2 atom stereocenters. The van der Waals surface area contributed by atoms with Crippen LogP contribution in [0, 0.1) is 0 Å². The van der Waals surface area contributed by atoms with E-state index in [1.165, 1.54) is 12.5 Å². The summed E-state index contributed by atoms with van der Waals surface area (Å²) in [5, 5.41) is 7.50. The zero-order valence-corrected chi connectivity index (χ0v) is 11.7. The van der Waals surface area contributed by atoms with Crippen LogP contribution in [0.3, 0.4) is 0 Å². The standard InChI is InChI=1S/C11H21N3O2S/c1-5-11(12-6-2)9(3)14-8-10(7-13-14)17(4,15)16/h7-9,11-12H,5-6H2,1-4H3. The molecule has 1 aromatic heterocycles. The highest BCUT2D eigenvalue weighted by Gasteiger charge is 2.18. The minimum Gasteiger partial charge on any atom is -0.312 e. The van der Waals surface area contributed by atoms with E-state index in [-0.39, 0.29) is 10.9 Å². The molecule has 0 saturated carbocycles. The summed E-state index contributed by atoms with van der Waals surface area (Å²) in [6, 6.07) is 0.433. The molecular formula is C11H21N3O2S. The number of hydrogen-bond acceptors (Lipinski definition) is 4. The predicted octanol–water partition coefficient (Wildman–Crippen LogP) is 1.24. The smallest absolute Gasteiger partial charge is 0.178 e. The fraction of sp³-hybridized carbons (Fsp3) is 0.727. The lowest BCUT2D eigenvalue weighted by Crippen LogP contribution is -2.35. The van der Waals surface area contributed by atoms with Crippen molar-refractivity contribution in [2.24, 2.45) is 0 Å². The van der Waals surface area contributed by atoms with Crippen LogP contribution in [0.5, 0.6) is 0 Å². The Kier molecular flexibility index (Phi) is 4.70. The van der Waals surface area contributed by atoms with Crippen LogP contribution in [0.1, 0.15) is 33.2 Å². The van der Waals surface area contributed by atoms with Gasteiger partial charge in [-0.25, -0.2) is 8.42 Å². The van der Waals surface area contributed by atoms with Crippen molar-refractivity contribution in [2.45, 2.75) is 44.2 Å². The van der Waals surface area contributed by atoms with E-state index in [0.29, 0.717) is 6.04 Å². The minimum atomic E-state index is -3.16. The maximum absolute atomic E-state index is 11.4. The Morgan fingerprint density at radius 3 is 2.53 bits per heavy atom. The molecule has 0 bridgehead atoms. The van der Waals surface area contributed by atoms with Crippen LogP contribution in [0.25, 0.3) is 0 Å². The van der Waals surface area contributed by atoms with Crippen molar-refractivity contribution in [1.82, 2.24) is 15.1 Å².